The Labute approximate surface area is 208 Å². The van der Waals surface area contributed by atoms with Crippen molar-refractivity contribution in [1.82, 2.24) is 15.1 Å². The fourth-order valence-corrected chi connectivity index (χ4v) is 5.23. The van der Waals surface area contributed by atoms with Gasteiger partial charge in [0, 0.05) is 44.6 Å². The van der Waals surface area contributed by atoms with E-state index in [1.54, 1.807) is 51.1 Å². The van der Waals surface area contributed by atoms with E-state index in [9.17, 15) is 19.2 Å². The van der Waals surface area contributed by atoms with Gasteiger partial charge in [0.15, 0.2) is 11.5 Å². The number of amides is 4. The number of nitrogens with one attached hydrogen (secondary N) is 1. The first-order valence-corrected chi connectivity index (χ1v) is 12.0. The minimum Gasteiger partial charge on any atom is -0.493 e. The molecule has 1 saturated heterocycles. The van der Waals surface area contributed by atoms with Crippen molar-refractivity contribution in [2.45, 2.75) is 25.4 Å². The number of nitrogens with zero attached hydrogens (tertiary/aromatic N) is 3. The quantitative estimate of drug-likeness (QED) is 0.604. The highest BCUT2D eigenvalue weighted by atomic mass is 16.5. The van der Waals surface area contributed by atoms with E-state index in [1.807, 2.05) is 0 Å². The molecule has 36 heavy (non-hydrogen) atoms. The van der Waals surface area contributed by atoms with Crippen LogP contribution in [0.4, 0.5) is 5.69 Å². The lowest BCUT2D eigenvalue weighted by Crippen LogP contribution is -2.49. The van der Waals surface area contributed by atoms with Gasteiger partial charge in [0.25, 0.3) is 11.8 Å². The van der Waals surface area contributed by atoms with Gasteiger partial charge in [0.05, 0.1) is 31.0 Å². The molecule has 0 radical (unpaired) electrons. The summed E-state index contributed by atoms with van der Waals surface area (Å²) in [5.41, 5.74) is 1.88. The van der Waals surface area contributed by atoms with E-state index in [1.165, 1.54) is 14.2 Å². The van der Waals surface area contributed by atoms with Crippen LogP contribution in [-0.4, -0.2) is 73.8 Å². The molecule has 3 heterocycles. The molecule has 1 atom stereocenters. The molecule has 188 valence electrons. The highest BCUT2D eigenvalue weighted by Gasteiger charge is 2.49. The summed E-state index contributed by atoms with van der Waals surface area (Å²) in [6.45, 7) is 1.66. The number of carbonyl (C=O) groups excluding carboxylic acids is 4. The number of likely N-dealkylation sites (tertiary alicyclic amines) is 1. The molecule has 0 spiro atoms. The average Bonchev–Trinajstić information content (AvgIpc) is 3.43. The molecule has 0 aromatic heterocycles. The van der Waals surface area contributed by atoms with Crippen LogP contribution >= 0.6 is 0 Å². The van der Waals surface area contributed by atoms with Gasteiger partial charge in [-0.25, -0.2) is 0 Å². The number of methoxy groups -OCH3 is 2. The first-order chi connectivity index (χ1) is 17.5. The van der Waals surface area contributed by atoms with Gasteiger partial charge in [0.1, 0.15) is 6.17 Å². The van der Waals surface area contributed by atoms with Crippen molar-refractivity contribution in [2.24, 2.45) is 0 Å². The second-order valence-electron chi connectivity index (χ2n) is 8.91. The zero-order chi connectivity index (χ0) is 25.4. The molecule has 2 aromatic rings. The monoisotopic (exact) mass is 492 g/mol. The number of fused-ring (bicyclic) bond motifs is 5. The predicted octanol–water partition coefficient (Wildman–Crippen LogP) is 1.95. The van der Waals surface area contributed by atoms with Crippen LogP contribution in [0.2, 0.25) is 0 Å². The molecule has 10 heteroatoms. The number of ether oxygens (including phenoxy) is 2. The molecule has 3 aliphatic rings. The van der Waals surface area contributed by atoms with Crippen LogP contribution in [-0.2, 0) is 9.59 Å². The number of rotatable bonds is 8. The van der Waals surface area contributed by atoms with Crippen LogP contribution in [0.1, 0.15) is 51.7 Å². The molecule has 1 fully saturated rings. The predicted molar refractivity (Wildman–Crippen MR) is 130 cm³/mol. The Morgan fingerprint density at radius 2 is 1.83 bits per heavy atom. The lowest BCUT2D eigenvalue weighted by molar-refractivity contribution is -0.128. The molecule has 10 nitrogen and oxygen atoms in total. The van der Waals surface area contributed by atoms with Gasteiger partial charge in [-0.3, -0.25) is 24.1 Å². The average molecular weight is 493 g/mol. The van der Waals surface area contributed by atoms with E-state index >= 15 is 0 Å². The first kappa shape index (κ1) is 23.7. The van der Waals surface area contributed by atoms with E-state index < -0.39 is 6.17 Å². The summed E-state index contributed by atoms with van der Waals surface area (Å²) in [6, 6.07) is 10.4. The molecule has 3 aliphatic heterocycles. The SMILES string of the molecule is COc1ccc2c(c1OC)C(=O)N1c3ccccc3C(=O)N(CCC(=O)NCCN3CCCC3=O)C21. The van der Waals surface area contributed by atoms with Crippen molar-refractivity contribution < 1.29 is 28.7 Å². The second kappa shape index (κ2) is 9.52. The number of carbonyl (C=O) groups is 4. The van der Waals surface area contributed by atoms with E-state index in [0.717, 1.165) is 13.0 Å². The first-order valence-electron chi connectivity index (χ1n) is 12.0. The molecule has 0 aliphatic carbocycles. The van der Waals surface area contributed by atoms with Crippen LogP contribution in [0.3, 0.4) is 0 Å². The third-order valence-corrected chi connectivity index (χ3v) is 6.94. The van der Waals surface area contributed by atoms with E-state index in [2.05, 4.69) is 5.32 Å². The lowest BCUT2D eigenvalue weighted by atomic mass is 10.0. The van der Waals surface area contributed by atoms with E-state index in [0.29, 0.717) is 53.4 Å². The maximum absolute atomic E-state index is 13.7. The van der Waals surface area contributed by atoms with Gasteiger partial charge in [-0.2, -0.15) is 0 Å². The summed E-state index contributed by atoms with van der Waals surface area (Å²) in [7, 11) is 2.97. The summed E-state index contributed by atoms with van der Waals surface area (Å²) in [6.07, 6.45) is 0.759. The summed E-state index contributed by atoms with van der Waals surface area (Å²) >= 11 is 0. The van der Waals surface area contributed by atoms with Crippen molar-refractivity contribution in [3.8, 4) is 11.5 Å². The van der Waals surface area contributed by atoms with Crippen molar-refractivity contribution >= 4 is 29.3 Å². The third kappa shape index (κ3) is 3.82. The zero-order valence-corrected chi connectivity index (χ0v) is 20.3. The summed E-state index contributed by atoms with van der Waals surface area (Å²) in [4.78, 5) is 56.5. The Morgan fingerprint density at radius 1 is 1.03 bits per heavy atom. The highest BCUT2D eigenvalue weighted by Crippen LogP contribution is 2.49. The molecular weight excluding hydrogens is 464 g/mol. The second-order valence-corrected chi connectivity index (χ2v) is 8.91. The zero-order valence-electron chi connectivity index (χ0n) is 20.3. The smallest absolute Gasteiger partial charge is 0.264 e. The van der Waals surface area contributed by atoms with E-state index in [-0.39, 0.29) is 36.6 Å². The Bertz CT molecular complexity index is 1240. The van der Waals surface area contributed by atoms with Crippen LogP contribution < -0.4 is 19.7 Å². The fraction of sp³-hybridized carbons (Fsp3) is 0.385. The van der Waals surface area contributed by atoms with Crippen molar-refractivity contribution in [1.29, 1.82) is 0 Å². The molecule has 1 N–H and O–H groups in total. The maximum Gasteiger partial charge on any atom is 0.264 e. The Kier molecular flexibility index (Phi) is 6.26. The lowest BCUT2D eigenvalue weighted by Gasteiger charge is -2.40. The van der Waals surface area contributed by atoms with Gasteiger partial charge in [-0.05, 0) is 24.6 Å². The van der Waals surface area contributed by atoms with Crippen LogP contribution in [0.5, 0.6) is 11.5 Å². The fourth-order valence-electron chi connectivity index (χ4n) is 5.23. The minimum atomic E-state index is -0.704. The maximum atomic E-state index is 13.7. The van der Waals surface area contributed by atoms with Crippen LogP contribution in [0.25, 0.3) is 0 Å². The summed E-state index contributed by atoms with van der Waals surface area (Å²) in [5.74, 6) is 0.0726. The van der Waals surface area contributed by atoms with Gasteiger partial charge in [0.2, 0.25) is 11.8 Å². The number of benzene rings is 2. The molecule has 5 rings (SSSR count). The van der Waals surface area contributed by atoms with E-state index in [4.69, 9.17) is 9.47 Å². The number of para-hydroxylation sites is 1. The Hall–Kier alpha value is -4.08. The molecule has 1 unspecified atom stereocenters. The number of hydrogen-bond donors (Lipinski definition) is 1. The van der Waals surface area contributed by atoms with Crippen molar-refractivity contribution in [3.05, 3.63) is 53.1 Å². The van der Waals surface area contributed by atoms with Gasteiger partial charge >= 0.3 is 0 Å². The van der Waals surface area contributed by atoms with Crippen LogP contribution in [0, 0.1) is 0 Å². The van der Waals surface area contributed by atoms with Crippen molar-refractivity contribution in [2.75, 3.05) is 45.3 Å². The topological polar surface area (TPSA) is 108 Å². The largest absolute Gasteiger partial charge is 0.493 e. The van der Waals surface area contributed by atoms with Gasteiger partial charge < -0.3 is 24.6 Å². The summed E-state index contributed by atoms with van der Waals surface area (Å²) in [5, 5.41) is 2.84. The normalized spacial score (nSPS) is 18.2. The Morgan fingerprint density at radius 3 is 2.56 bits per heavy atom. The summed E-state index contributed by atoms with van der Waals surface area (Å²) < 4.78 is 10.9. The molecule has 0 saturated carbocycles. The van der Waals surface area contributed by atoms with Gasteiger partial charge in [-0.1, -0.05) is 18.2 Å². The molecule has 2 aromatic carbocycles. The van der Waals surface area contributed by atoms with Crippen LogP contribution in [0.15, 0.2) is 36.4 Å². The van der Waals surface area contributed by atoms with Gasteiger partial charge in [-0.15, -0.1) is 0 Å². The molecule has 0 bridgehead atoms. The molecule has 4 amide bonds. The minimum absolute atomic E-state index is 0.0585. The Balaban J connectivity index is 1.39. The molecular formula is C26H28N4O6. The third-order valence-electron chi connectivity index (χ3n) is 6.94. The van der Waals surface area contributed by atoms with Crippen molar-refractivity contribution in [3.63, 3.8) is 0 Å². The number of hydrogen-bond acceptors (Lipinski definition) is 6. The highest BCUT2D eigenvalue weighted by molar-refractivity contribution is 6.18. The number of anilines is 1. The standard InChI is InChI=1S/C26H28N4O6/c1-35-19-10-9-17-22(23(19)36-2)26(34)30-18-7-4-3-6-16(18)25(33)29(24(17)30)14-11-20(31)27-12-15-28-13-5-8-21(28)32/h3-4,6-7,9-10,24H,5,8,11-15H2,1-2H3,(H,27,31).